The number of carbonyl (C=O) groups excluding carboxylic acids is 2. The van der Waals surface area contributed by atoms with Crippen LogP contribution in [0.5, 0.6) is 5.75 Å². The molecular formula is C20H28NO5+. The highest BCUT2D eigenvalue weighted by Crippen LogP contribution is 2.14. The van der Waals surface area contributed by atoms with Crippen LogP contribution in [0.15, 0.2) is 30.3 Å². The molecule has 0 saturated carbocycles. The molecule has 0 spiro atoms. The Morgan fingerprint density at radius 3 is 2.08 bits per heavy atom. The van der Waals surface area contributed by atoms with Crippen LogP contribution in [0.25, 0.3) is 6.08 Å². The summed E-state index contributed by atoms with van der Waals surface area (Å²) in [4.78, 5) is 23.4. The SMILES string of the molecule is C[N+]1(C)CCCCOC(=O)C=Cc2ccc(cc2)OC(=O)OCCCC1. The van der Waals surface area contributed by atoms with Crippen molar-refractivity contribution in [1.29, 1.82) is 0 Å². The lowest BCUT2D eigenvalue weighted by atomic mass is 10.2. The first-order valence-electron chi connectivity index (χ1n) is 9.06. The fourth-order valence-electron chi connectivity index (χ4n) is 2.71. The Morgan fingerprint density at radius 2 is 1.42 bits per heavy atom. The monoisotopic (exact) mass is 362 g/mol. The van der Waals surface area contributed by atoms with Crippen LogP contribution in [-0.2, 0) is 14.3 Å². The molecule has 3 rings (SSSR count). The van der Waals surface area contributed by atoms with E-state index < -0.39 is 6.16 Å². The number of hydrogen-bond acceptors (Lipinski definition) is 5. The first-order valence-corrected chi connectivity index (χ1v) is 9.06. The molecule has 0 aliphatic carbocycles. The number of hydrogen-bond donors (Lipinski definition) is 0. The summed E-state index contributed by atoms with van der Waals surface area (Å²) in [6.45, 7) is 2.81. The summed E-state index contributed by atoms with van der Waals surface area (Å²) in [6.07, 6.45) is 6.00. The summed E-state index contributed by atoms with van der Waals surface area (Å²) in [5.74, 6) is 0.0546. The molecule has 0 unspecified atom stereocenters. The largest absolute Gasteiger partial charge is 0.513 e. The molecule has 6 heteroatoms. The van der Waals surface area contributed by atoms with Gasteiger partial charge in [0, 0.05) is 6.08 Å². The van der Waals surface area contributed by atoms with Gasteiger partial charge in [-0.1, -0.05) is 12.1 Å². The molecule has 0 amide bonds. The Bertz CT molecular complexity index is 622. The van der Waals surface area contributed by atoms with E-state index in [0.717, 1.165) is 48.8 Å². The Balaban J connectivity index is 1.97. The van der Waals surface area contributed by atoms with Crippen molar-refractivity contribution in [2.75, 3.05) is 40.4 Å². The topological polar surface area (TPSA) is 61.8 Å². The van der Waals surface area contributed by atoms with Gasteiger partial charge in [0.05, 0.1) is 40.4 Å². The Kier molecular flexibility index (Phi) is 7.66. The molecule has 6 nitrogen and oxygen atoms in total. The normalized spacial score (nSPS) is 19.9. The standard InChI is InChI=1S/C20H28NO5/c1-21(2)13-3-5-15-24-19(22)12-9-17-7-10-18(11-8-17)26-20(23)25-16-6-4-14-21/h7-12H,3-6,13-16H2,1-2H3/q+1. The van der Waals surface area contributed by atoms with Crippen molar-refractivity contribution >= 4 is 18.2 Å². The Labute approximate surface area is 154 Å². The Morgan fingerprint density at radius 1 is 0.808 bits per heavy atom. The number of quaternary nitrogens is 1. The van der Waals surface area contributed by atoms with Gasteiger partial charge in [-0.25, -0.2) is 9.59 Å². The molecule has 0 N–H and O–H groups in total. The highest BCUT2D eigenvalue weighted by atomic mass is 16.7. The number of benzene rings is 1. The fraction of sp³-hybridized carbons (Fsp3) is 0.500. The predicted molar refractivity (Wildman–Crippen MR) is 98.7 cm³/mol. The summed E-state index contributed by atoms with van der Waals surface area (Å²) in [5.41, 5.74) is 0.816. The molecule has 2 bridgehead atoms. The average molecular weight is 362 g/mol. The van der Waals surface area contributed by atoms with Crippen molar-refractivity contribution in [3.8, 4) is 5.75 Å². The van der Waals surface area contributed by atoms with Gasteiger partial charge < -0.3 is 18.7 Å². The van der Waals surface area contributed by atoms with E-state index in [4.69, 9.17) is 14.2 Å². The zero-order valence-corrected chi connectivity index (χ0v) is 15.6. The fourth-order valence-corrected chi connectivity index (χ4v) is 2.71. The zero-order chi connectivity index (χ0) is 18.8. The first-order chi connectivity index (χ1) is 12.4. The number of esters is 1. The van der Waals surface area contributed by atoms with E-state index >= 15 is 0 Å². The molecule has 0 radical (unpaired) electrons. The molecule has 2 aliphatic rings. The van der Waals surface area contributed by atoms with E-state index in [1.807, 2.05) is 0 Å². The van der Waals surface area contributed by atoms with E-state index in [0.29, 0.717) is 19.0 Å². The molecule has 142 valence electrons. The van der Waals surface area contributed by atoms with Crippen molar-refractivity contribution in [3.63, 3.8) is 0 Å². The highest BCUT2D eigenvalue weighted by molar-refractivity contribution is 5.87. The molecule has 0 aromatic heterocycles. The number of rotatable bonds is 0. The van der Waals surface area contributed by atoms with Crippen molar-refractivity contribution in [3.05, 3.63) is 35.9 Å². The predicted octanol–water partition coefficient (Wildman–Crippen LogP) is 3.41. The number of fused-ring (bicyclic) bond motifs is 16. The third-order valence-electron chi connectivity index (χ3n) is 4.27. The molecule has 0 fully saturated rings. The summed E-state index contributed by atoms with van der Waals surface area (Å²) < 4.78 is 16.4. The summed E-state index contributed by atoms with van der Waals surface area (Å²) in [5, 5.41) is 0. The zero-order valence-electron chi connectivity index (χ0n) is 15.6. The van der Waals surface area contributed by atoms with Crippen LogP contribution in [-0.4, -0.2) is 57.0 Å². The molecular weight excluding hydrogens is 334 g/mol. The van der Waals surface area contributed by atoms with E-state index in [2.05, 4.69) is 14.1 Å². The van der Waals surface area contributed by atoms with Crippen LogP contribution in [0.2, 0.25) is 0 Å². The van der Waals surface area contributed by atoms with E-state index in [1.54, 1.807) is 30.3 Å². The lowest BCUT2D eigenvalue weighted by Gasteiger charge is -2.29. The van der Waals surface area contributed by atoms with Crippen molar-refractivity contribution in [1.82, 2.24) is 0 Å². The van der Waals surface area contributed by atoms with Gasteiger partial charge in [-0.3, -0.25) is 0 Å². The van der Waals surface area contributed by atoms with Gasteiger partial charge in [-0.05, 0) is 49.5 Å². The maximum Gasteiger partial charge on any atom is 0.513 e. The second kappa shape index (κ2) is 9.97. The van der Waals surface area contributed by atoms with Crippen molar-refractivity contribution in [2.24, 2.45) is 0 Å². The first kappa shape index (κ1) is 20.0. The minimum absolute atomic E-state index is 0.350. The van der Waals surface area contributed by atoms with E-state index in [9.17, 15) is 9.59 Å². The van der Waals surface area contributed by atoms with Gasteiger partial charge in [0.2, 0.25) is 0 Å². The Hall–Kier alpha value is -2.34. The average Bonchev–Trinajstić information content (AvgIpc) is 2.59. The molecule has 0 atom stereocenters. The van der Waals surface area contributed by atoms with Crippen LogP contribution in [0.3, 0.4) is 0 Å². The molecule has 1 aromatic rings. The van der Waals surface area contributed by atoms with Crippen LogP contribution in [0.4, 0.5) is 4.79 Å². The lowest BCUT2D eigenvalue weighted by molar-refractivity contribution is -0.890. The second-order valence-corrected chi connectivity index (χ2v) is 7.07. The van der Waals surface area contributed by atoms with Crippen LogP contribution in [0.1, 0.15) is 31.2 Å². The minimum atomic E-state index is -0.694. The third kappa shape index (κ3) is 7.70. The molecule has 2 aliphatic heterocycles. The van der Waals surface area contributed by atoms with Crippen LogP contribution < -0.4 is 4.74 Å². The van der Waals surface area contributed by atoms with Gasteiger partial charge >= 0.3 is 12.1 Å². The third-order valence-corrected chi connectivity index (χ3v) is 4.27. The smallest absolute Gasteiger partial charge is 0.463 e. The van der Waals surface area contributed by atoms with Crippen LogP contribution in [0, 0.1) is 0 Å². The highest BCUT2D eigenvalue weighted by Gasteiger charge is 2.14. The maximum absolute atomic E-state index is 11.7. The molecule has 0 saturated heterocycles. The van der Waals surface area contributed by atoms with Crippen molar-refractivity contribution < 1.29 is 28.3 Å². The van der Waals surface area contributed by atoms with E-state index in [1.165, 1.54) is 6.08 Å². The second-order valence-electron chi connectivity index (χ2n) is 7.07. The molecule has 26 heavy (non-hydrogen) atoms. The summed E-state index contributed by atoms with van der Waals surface area (Å²) >= 11 is 0. The summed E-state index contributed by atoms with van der Waals surface area (Å²) in [7, 11) is 4.36. The maximum atomic E-state index is 11.7. The van der Waals surface area contributed by atoms with Crippen LogP contribution >= 0.6 is 0 Å². The van der Waals surface area contributed by atoms with Gasteiger partial charge in [-0.15, -0.1) is 0 Å². The number of nitrogens with zero attached hydrogens (tertiary/aromatic N) is 1. The van der Waals surface area contributed by atoms with Crippen molar-refractivity contribution in [2.45, 2.75) is 25.7 Å². The number of carbonyl (C=O) groups is 2. The minimum Gasteiger partial charge on any atom is -0.463 e. The molecule has 2 heterocycles. The summed E-state index contributed by atoms with van der Waals surface area (Å²) in [6, 6.07) is 6.82. The molecule has 1 aromatic carbocycles. The quantitative estimate of drug-likeness (QED) is 0.402. The van der Waals surface area contributed by atoms with Gasteiger partial charge in [0.15, 0.2) is 0 Å². The number of ether oxygens (including phenoxy) is 3. The van der Waals surface area contributed by atoms with Gasteiger partial charge in [0.25, 0.3) is 0 Å². The van der Waals surface area contributed by atoms with Gasteiger partial charge in [-0.2, -0.15) is 0 Å². The van der Waals surface area contributed by atoms with Gasteiger partial charge in [0.1, 0.15) is 5.75 Å². The lowest BCUT2D eigenvalue weighted by Crippen LogP contribution is -2.41. The van der Waals surface area contributed by atoms with E-state index in [-0.39, 0.29) is 5.97 Å².